The Hall–Kier alpha value is -1.36. The first-order valence-corrected chi connectivity index (χ1v) is 6.70. The van der Waals surface area contributed by atoms with E-state index in [9.17, 15) is 0 Å². The van der Waals surface area contributed by atoms with Crippen LogP contribution in [-0.4, -0.2) is 41.1 Å². The van der Waals surface area contributed by atoms with E-state index in [1.54, 1.807) is 6.07 Å². The highest BCUT2D eigenvalue weighted by atomic mass is 16.5. The van der Waals surface area contributed by atoms with Crippen LogP contribution >= 0.6 is 0 Å². The number of rotatable bonds is 3. The van der Waals surface area contributed by atoms with E-state index in [0.29, 0.717) is 17.6 Å². The highest BCUT2D eigenvalue weighted by Gasteiger charge is 2.28. The van der Waals surface area contributed by atoms with Crippen LogP contribution in [0.1, 0.15) is 37.4 Å². The maximum Gasteiger partial charge on any atom is 0.219 e. The molecular weight excluding hydrogens is 228 g/mol. The van der Waals surface area contributed by atoms with Crippen LogP contribution in [0.3, 0.4) is 0 Å². The van der Waals surface area contributed by atoms with E-state index in [1.165, 1.54) is 12.8 Å². The molecule has 1 aliphatic heterocycles. The van der Waals surface area contributed by atoms with Gasteiger partial charge in [-0.3, -0.25) is 0 Å². The fourth-order valence-corrected chi connectivity index (χ4v) is 2.32. The first kappa shape index (κ1) is 11.7. The Morgan fingerprint density at radius 1 is 1.22 bits per heavy atom. The number of anilines is 1. The SMILES string of the molecule is CN1CCC(Oc2cc(N)nc(C3CC3)n2)CC1. The molecule has 5 nitrogen and oxygen atoms in total. The maximum atomic E-state index is 5.95. The van der Waals surface area contributed by atoms with Crippen molar-refractivity contribution in [3.05, 3.63) is 11.9 Å². The van der Waals surface area contributed by atoms with Gasteiger partial charge in [0.1, 0.15) is 17.7 Å². The second kappa shape index (κ2) is 4.72. The first-order valence-electron chi connectivity index (χ1n) is 6.70. The predicted molar refractivity (Wildman–Crippen MR) is 69.6 cm³/mol. The van der Waals surface area contributed by atoms with Crippen molar-refractivity contribution in [1.82, 2.24) is 14.9 Å². The van der Waals surface area contributed by atoms with Gasteiger partial charge in [-0.05, 0) is 32.7 Å². The number of hydrogen-bond acceptors (Lipinski definition) is 5. The third-order valence-corrected chi connectivity index (χ3v) is 3.64. The molecule has 0 bridgehead atoms. The number of piperidine rings is 1. The van der Waals surface area contributed by atoms with Gasteiger partial charge in [0.2, 0.25) is 5.88 Å². The summed E-state index contributed by atoms with van der Waals surface area (Å²) in [4.78, 5) is 11.1. The molecule has 98 valence electrons. The van der Waals surface area contributed by atoms with Gasteiger partial charge in [-0.1, -0.05) is 0 Å². The van der Waals surface area contributed by atoms with Crippen LogP contribution < -0.4 is 10.5 Å². The Balaban J connectivity index is 1.68. The summed E-state index contributed by atoms with van der Waals surface area (Å²) in [5.74, 6) is 2.54. The largest absolute Gasteiger partial charge is 0.474 e. The second-order valence-electron chi connectivity index (χ2n) is 5.38. The van der Waals surface area contributed by atoms with Gasteiger partial charge in [0.25, 0.3) is 0 Å². The molecule has 2 fully saturated rings. The molecule has 2 N–H and O–H groups in total. The molecule has 0 amide bonds. The zero-order valence-electron chi connectivity index (χ0n) is 10.8. The lowest BCUT2D eigenvalue weighted by molar-refractivity contribution is 0.109. The van der Waals surface area contributed by atoms with E-state index < -0.39 is 0 Å². The van der Waals surface area contributed by atoms with Crippen molar-refractivity contribution in [3.8, 4) is 5.88 Å². The molecule has 18 heavy (non-hydrogen) atoms. The first-order chi connectivity index (χ1) is 8.70. The number of nitrogens with two attached hydrogens (primary N) is 1. The molecule has 1 saturated heterocycles. The number of ether oxygens (including phenoxy) is 1. The number of aromatic nitrogens is 2. The number of hydrogen-bond donors (Lipinski definition) is 1. The molecular formula is C13H20N4O. The fourth-order valence-electron chi connectivity index (χ4n) is 2.32. The lowest BCUT2D eigenvalue weighted by Gasteiger charge is -2.29. The molecule has 0 unspecified atom stereocenters. The van der Waals surface area contributed by atoms with E-state index in [2.05, 4.69) is 21.9 Å². The maximum absolute atomic E-state index is 5.95. The Morgan fingerprint density at radius 3 is 2.61 bits per heavy atom. The van der Waals surface area contributed by atoms with Gasteiger partial charge in [0.15, 0.2) is 0 Å². The van der Waals surface area contributed by atoms with Crippen LogP contribution in [0.5, 0.6) is 5.88 Å². The quantitative estimate of drug-likeness (QED) is 0.876. The summed E-state index contributed by atoms with van der Waals surface area (Å²) < 4.78 is 5.95. The van der Waals surface area contributed by atoms with Crippen molar-refractivity contribution < 1.29 is 4.74 Å². The van der Waals surface area contributed by atoms with Crippen LogP contribution in [0.4, 0.5) is 5.82 Å². The minimum atomic E-state index is 0.266. The molecule has 1 aliphatic carbocycles. The van der Waals surface area contributed by atoms with Crippen molar-refractivity contribution >= 4 is 5.82 Å². The van der Waals surface area contributed by atoms with E-state index in [-0.39, 0.29) is 6.10 Å². The van der Waals surface area contributed by atoms with Gasteiger partial charge in [-0.2, -0.15) is 4.98 Å². The van der Waals surface area contributed by atoms with E-state index in [0.717, 1.165) is 31.8 Å². The van der Waals surface area contributed by atoms with Gasteiger partial charge in [0.05, 0.1) is 0 Å². The number of likely N-dealkylation sites (tertiary alicyclic amines) is 1. The fraction of sp³-hybridized carbons (Fsp3) is 0.692. The van der Waals surface area contributed by atoms with Crippen molar-refractivity contribution in [1.29, 1.82) is 0 Å². The van der Waals surface area contributed by atoms with Crippen molar-refractivity contribution in [3.63, 3.8) is 0 Å². The molecule has 0 radical (unpaired) electrons. The molecule has 0 aromatic carbocycles. The van der Waals surface area contributed by atoms with Crippen molar-refractivity contribution in [2.24, 2.45) is 0 Å². The smallest absolute Gasteiger partial charge is 0.219 e. The summed E-state index contributed by atoms with van der Waals surface area (Å²) in [6, 6.07) is 1.74. The average Bonchev–Trinajstić information content (AvgIpc) is 3.15. The van der Waals surface area contributed by atoms with Crippen LogP contribution in [-0.2, 0) is 0 Å². The monoisotopic (exact) mass is 248 g/mol. The number of nitrogens with zero attached hydrogens (tertiary/aromatic N) is 3. The predicted octanol–water partition coefficient (Wildman–Crippen LogP) is 1.41. The lowest BCUT2D eigenvalue weighted by atomic mass is 10.1. The minimum Gasteiger partial charge on any atom is -0.474 e. The molecule has 1 aromatic rings. The molecule has 1 aromatic heterocycles. The van der Waals surface area contributed by atoms with Crippen LogP contribution in [0.25, 0.3) is 0 Å². The topological polar surface area (TPSA) is 64.3 Å². The second-order valence-corrected chi connectivity index (χ2v) is 5.38. The van der Waals surface area contributed by atoms with E-state index in [1.807, 2.05) is 0 Å². The molecule has 0 spiro atoms. The van der Waals surface area contributed by atoms with Crippen molar-refractivity contribution in [2.45, 2.75) is 37.7 Å². The third kappa shape index (κ3) is 2.72. The standard InChI is InChI=1S/C13H20N4O/c1-17-6-4-10(5-7-17)18-12-8-11(14)15-13(16-12)9-2-3-9/h8-10H,2-7H2,1H3,(H2,14,15,16). The Bertz CT molecular complexity index is 425. The van der Waals surface area contributed by atoms with Crippen LogP contribution in [0.15, 0.2) is 6.07 Å². The highest BCUT2D eigenvalue weighted by Crippen LogP contribution is 2.39. The van der Waals surface area contributed by atoms with Crippen LogP contribution in [0, 0.1) is 0 Å². The summed E-state index contributed by atoms with van der Waals surface area (Å²) in [6.45, 7) is 2.17. The van der Waals surface area contributed by atoms with Gasteiger partial charge in [-0.25, -0.2) is 4.98 Å². The van der Waals surface area contributed by atoms with Gasteiger partial charge in [0, 0.05) is 25.1 Å². The summed E-state index contributed by atoms with van der Waals surface area (Å²) in [6.07, 6.45) is 4.73. The molecule has 2 heterocycles. The van der Waals surface area contributed by atoms with Gasteiger partial charge >= 0.3 is 0 Å². The summed E-state index contributed by atoms with van der Waals surface area (Å²) in [7, 11) is 2.14. The summed E-state index contributed by atoms with van der Waals surface area (Å²) >= 11 is 0. The Labute approximate surface area is 107 Å². The van der Waals surface area contributed by atoms with Gasteiger partial charge < -0.3 is 15.4 Å². The molecule has 3 rings (SSSR count). The van der Waals surface area contributed by atoms with E-state index >= 15 is 0 Å². The van der Waals surface area contributed by atoms with Gasteiger partial charge in [-0.15, -0.1) is 0 Å². The molecule has 5 heteroatoms. The minimum absolute atomic E-state index is 0.266. The van der Waals surface area contributed by atoms with E-state index in [4.69, 9.17) is 10.5 Å². The Kier molecular flexibility index (Phi) is 3.07. The number of nitrogen functional groups attached to an aromatic ring is 1. The van der Waals surface area contributed by atoms with Crippen molar-refractivity contribution in [2.75, 3.05) is 25.9 Å². The Morgan fingerprint density at radius 2 is 1.94 bits per heavy atom. The molecule has 2 aliphatic rings. The zero-order valence-corrected chi connectivity index (χ0v) is 10.8. The lowest BCUT2D eigenvalue weighted by Crippen LogP contribution is -2.35. The average molecular weight is 248 g/mol. The normalized spacial score (nSPS) is 22.1. The highest BCUT2D eigenvalue weighted by molar-refractivity contribution is 5.34. The molecule has 1 saturated carbocycles. The zero-order chi connectivity index (χ0) is 12.5. The third-order valence-electron chi connectivity index (χ3n) is 3.64. The summed E-state index contributed by atoms with van der Waals surface area (Å²) in [5.41, 5.74) is 5.81. The van der Waals surface area contributed by atoms with Crippen LogP contribution in [0.2, 0.25) is 0 Å². The summed E-state index contributed by atoms with van der Waals surface area (Å²) in [5, 5.41) is 0. The molecule has 0 atom stereocenters.